The van der Waals surface area contributed by atoms with Crippen molar-refractivity contribution in [3.63, 3.8) is 0 Å². The molecule has 20 heavy (non-hydrogen) atoms. The zero-order chi connectivity index (χ0) is 13.9. The molecule has 0 spiro atoms. The Morgan fingerprint density at radius 1 is 1.20 bits per heavy atom. The normalized spacial score (nSPS) is 26.5. The minimum absolute atomic E-state index is 0.416. The Bertz CT molecular complexity index is 453. The molecule has 1 aromatic rings. The van der Waals surface area contributed by atoms with E-state index in [4.69, 9.17) is 4.74 Å². The van der Waals surface area contributed by atoms with Crippen LogP contribution in [0.5, 0.6) is 5.75 Å². The fourth-order valence-electron chi connectivity index (χ4n) is 3.21. The summed E-state index contributed by atoms with van der Waals surface area (Å²) in [7, 11) is 0. The van der Waals surface area contributed by atoms with Crippen molar-refractivity contribution in [3.05, 3.63) is 29.3 Å². The Morgan fingerprint density at radius 2 is 2.05 bits per heavy atom. The van der Waals surface area contributed by atoms with E-state index in [9.17, 15) is 0 Å². The lowest BCUT2D eigenvalue weighted by molar-refractivity contribution is 0.127. The first kappa shape index (κ1) is 13.9. The number of hydrogen-bond acceptors (Lipinski definition) is 2. The topological polar surface area (TPSA) is 21.3 Å². The van der Waals surface area contributed by atoms with Crippen LogP contribution in [0, 0.1) is 12.8 Å². The van der Waals surface area contributed by atoms with Crippen LogP contribution in [0.3, 0.4) is 0 Å². The average molecular weight is 273 g/mol. The predicted octanol–water partition coefficient (Wildman–Crippen LogP) is 4.20. The van der Waals surface area contributed by atoms with Crippen molar-refractivity contribution in [1.82, 2.24) is 5.32 Å². The lowest BCUT2D eigenvalue weighted by Crippen LogP contribution is -2.25. The molecule has 0 saturated heterocycles. The highest BCUT2D eigenvalue weighted by Crippen LogP contribution is 2.31. The third-order valence-corrected chi connectivity index (χ3v) is 4.62. The summed E-state index contributed by atoms with van der Waals surface area (Å²) in [6.07, 6.45) is 8.19. The molecule has 0 heterocycles. The highest BCUT2D eigenvalue weighted by atomic mass is 16.5. The number of hydrogen-bond donors (Lipinski definition) is 1. The largest absolute Gasteiger partial charge is 0.490 e. The first-order valence-corrected chi connectivity index (χ1v) is 8.21. The van der Waals surface area contributed by atoms with Crippen molar-refractivity contribution >= 4 is 0 Å². The molecule has 2 aliphatic carbocycles. The standard InChI is InChI=1S/C18H27NO/c1-13-5-3-8-17(11-13)20-18-14(2)6-4-7-15(18)12-19-16-9-10-16/h4,6-7,13,16-17,19H,3,5,8-12H2,1-2H3. The van der Waals surface area contributed by atoms with E-state index in [0.29, 0.717) is 6.10 Å². The summed E-state index contributed by atoms with van der Waals surface area (Å²) < 4.78 is 6.40. The summed E-state index contributed by atoms with van der Waals surface area (Å²) in [6.45, 7) is 5.47. The van der Waals surface area contributed by atoms with Gasteiger partial charge in [-0.05, 0) is 50.5 Å². The monoisotopic (exact) mass is 273 g/mol. The summed E-state index contributed by atoms with van der Waals surface area (Å²) in [4.78, 5) is 0. The van der Waals surface area contributed by atoms with Gasteiger partial charge in [0, 0.05) is 18.2 Å². The summed E-state index contributed by atoms with van der Waals surface area (Å²) in [5.74, 6) is 1.95. The molecule has 2 atom stereocenters. The molecule has 0 aromatic heterocycles. The summed E-state index contributed by atoms with van der Waals surface area (Å²) in [5, 5.41) is 3.61. The van der Waals surface area contributed by atoms with E-state index >= 15 is 0 Å². The van der Waals surface area contributed by atoms with E-state index < -0.39 is 0 Å². The molecular formula is C18H27NO. The van der Waals surface area contributed by atoms with Crippen LogP contribution in [-0.2, 0) is 6.54 Å². The maximum Gasteiger partial charge on any atom is 0.127 e. The summed E-state index contributed by atoms with van der Waals surface area (Å²) in [5.41, 5.74) is 2.61. The van der Waals surface area contributed by atoms with Crippen molar-refractivity contribution in [1.29, 1.82) is 0 Å². The minimum atomic E-state index is 0.416. The second-order valence-corrected chi connectivity index (χ2v) is 6.73. The van der Waals surface area contributed by atoms with Gasteiger partial charge in [0.05, 0.1) is 6.10 Å². The predicted molar refractivity (Wildman–Crippen MR) is 83.1 cm³/mol. The van der Waals surface area contributed by atoms with E-state index in [0.717, 1.165) is 24.3 Å². The third kappa shape index (κ3) is 3.54. The van der Waals surface area contributed by atoms with Gasteiger partial charge >= 0.3 is 0 Å². The van der Waals surface area contributed by atoms with Crippen LogP contribution in [0.25, 0.3) is 0 Å². The van der Waals surface area contributed by atoms with Gasteiger partial charge in [0.15, 0.2) is 0 Å². The van der Waals surface area contributed by atoms with E-state index in [1.54, 1.807) is 0 Å². The van der Waals surface area contributed by atoms with Gasteiger partial charge in [-0.2, -0.15) is 0 Å². The molecule has 2 fully saturated rings. The van der Waals surface area contributed by atoms with Gasteiger partial charge in [-0.15, -0.1) is 0 Å². The lowest BCUT2D eigenvalue weighted by Gasteiger charge is -2.29. The molecule has 2 aliphatic rings. The minimum Gasteiger partial charge on any atom is -0.490 e. The third-order valence-electron chi connectivity index (χ3n) is 4.62. The Hall–Kier alpha value is -1.02. The Labute approximate surface area is 122 Å². The van der Waals surface area contributed by atoms with E-state index in [1.165, 1.54) is 49.7 Å². The van der Waals surface area contributed by atoms with Gasteiger partial charge in [-0.1, -0.05) is 31.5 Å². The fourth-order valence-corrected chi connectivity index (χ4v) is 3.21. The van der Waals surface area contributed by atoms with Crippen LogP contribution in [0.15, 0.2) is 18.2 Å². The molecule has 2 nitrogen and oxygen atoms in total. The highest BCUT2D eigenvalue weighted by molar-refractivity contribution is 5.41. The molecule has 0 radical (unpaired) electrons. The SMILES string of the molecule is Cc1cccc(CNC2CC2)c1OC1CCCC(C)C1. The maximum absolute atomic E-state index is 6.40. The van der Waals surface area contributed by atoms with Gasteiger partial charge in [0.2, 0.25) is 0 Å². The van der Waals surface area contributed by atoms with Gasteiger partial charge < -0.3 is 10.1 Å². The van der Waals surface area contributed by atoms with Crippen LogP contribution in [0.2, 0.25) is 0 Å². The maximum atomic E-state index is 6.40. The number of nitrogens with one attached hydrogen (secondary N) is 1. The Balaban J connectivity index is 1.69. The van der Waals surface area contributed by atoms with Crippen LogP contribution in [-0.4, -0.2) is 12.1 Å². The fraction of sp³-hybridized carbons (Fsp3) is 0.667. The molecule has 110 valence electrons. The summed E-state index contributed by atoms with van der Waals surface area (Å²) >= 11 is 0. The second kappa shape index (κ2) is 6.17. The zero-order valence-corrected chi connectivity index (χ0v) is 12.8. The van der Waals surface area contributed by atoms with Crippen molar-refractivity contribution in [2.45, 2.75) is 71.1 Å². The van der Waals surface area contributed by atoms with E-state index in [1.807, 2.05) is 0 Å². The van der Waals surface area contributed by atoms with Gasteiger partial charge in [0.25, 0.3) is 0 Å². The van der Waals surface area contributed by atoms with Crippen LogP contribution < -0.4 is 10.1 Å². The molecular weight excluding hydrogens is 246 g/mol. The first-order valence-electron chi connectivity index (χ1n) is 8.21. The lowest BCUT2D eigenvalue weighted by atomic mass is 9.88. The smallest absolute Gasteiger partial charge is 0.127 e. The molecule has 2 saturated carbocycles. The van der Waals surface area contributed by atoms with Crippen molar-refractivity contribution < 1.29 is 4.74 Å². The van der Waals surface area contributed by atoms with Crippen molar-refractivity contribution in [2.24, 2.45) is 5.92 Å². The average Bonchev–Trinajstić information content (AvgIpc) is 3.24. The zero-order valence-electron chi connectivity index (χ0n) is 12.8. The van der Waals surface area contributed by atoms with E-state index in [-0.39, 0.29) is 0 Å². The molecule has 2 unspecified atom stereocenters. The number of aryl methyl sites for hydroxylation is 1. The van der Waals surface area contributed by atoms with Gasteiger partial charge in [-0.25, -0.2) is 0 Å². The number of rotatable bonds is 5. The molecule has 2 heteroatoms. The van der Waals surface area contributed by atoms with Gasteiger partial charge in [-0.3, -0.25) is 0 Å². The molecule has 0 amide bonds. The highest BCUT2D eigenvalue weighted by Gasteiger charge is 2.23. The van der Waals surface area contributed by atoms with Crippen molar-refractivity contribution in [2.75, 3.05) is 0 Å². The van der Waals surface area contributed by atoms with Gasteiger partial charge in [0.1, 0.15) is 5.75 Å². The van der Waals surface area contributed by atoms with Crippen molar-refractivity contribution in [3.8, 4) is 5.75 Å². The van der Waals surface area contributed by atoms with E-state index in [2.05, 4.69) is 37.4 Å². The molecule has 1 N–H and O–H groups in total. The molecule has 1 aromatic carbocycles. The first-order chi connectivity index (χ1) is 9.72. The number of para-hydroxylation sites is 1. The molecule has 0 bridgehead atoms. The Morgan fingerprint density at radius 3 is 2.80 bits per heavy atom. The number of ether oxygens (including phenoxy) is 1. The quantitative estimate of drug-likeness (QED) is 0.868. The molecule has 0 aliphatic heterocycles. The van der Waals surface area contributed by atoms with Crippen LogP contribution >= 0.6 is 0 Å². The number of benzene rings is 1. The summed E-state index contributed by atoms with van der Waals surface area (Å²) in [6, 6.07) is 7.28. The second-order valence-electron chi connectivity index (χ2n) is 6.73. The molecule has 3 rings (SSSR count). The Kier molecular flexibility index (Phi) is 4.30. The van der Waals surface area contributed by atoms with Crippen LogP contribution in [0.4, 0.5) is 0 Å². The van der Waals surface area contributed by atoms with Crippen LogP contribution in [0.1, 0.15) is 56.6 Å².